The standard InChI is InChI=1S/C4H8N2O3S/c1-3(4(7)5-2)6-10(8)9/h6H,1H2,2H3,(H,5,7)(H,8,9). The molecule has 1 atom stereocenters. The Labute approximate surface area is 60.9 Å². The molecular weight excluding hydrogens is 156 g/mol. The Bertz CT molecular complexity index is 179. The molecule has 5 nitrogen and oxygen atoms in total. The second-order valence-corrected chi connectivity index (χ2v) is 2.11. The lowest BCUT2D eigenvalue weighted by molar-refractivity contribution is -0.117. The molecule has 1 amide bonds. The monoisotopic (exact) mass is 164 g/mol. The van der Waals surface area contributed by atoms with Gasteiger partial charge < -0.3 is 5.32 Å². The Morgan fingerprint density at radius 3 is 2.50 bits per heavy atom. The molecule has 0 aromatic heterocycles. The number of nitrogens with one attached hydrogen (secondary N) is 2. The van der Waals surface area contributed by atoms with Gasteiger partial charge in [-0.05, 0) is 0 Å². The molecule has 0 aliphatic carbocycles. The Morgan fingerprint density at radius 2 is 2.20 bits per heavy atom. The molecule has 3 N–H and O–H groups in total. The van der Waals surface area contributed by atoms with Crippen LogP contribution in [0.4, 0.5) is 0 Å². The van der Waals surface area contributed by atoms with Gasteiger partial charge in [0.25, 0.3) is 17.2 Å². The zero-order valence-corrected chi connectivity index (χ0v) is 6.20. The van der Waals surface area contributed by atoms with Crippen molar-refractivity contribution in [3.05, 3.63) is 12.3 Å². The first-order chi connectivity index (χ1) is 4.57. The highest BCUT2D eigenvalue weighted by Gasteiger charge is 2.04. The molecule has 0 aromatic carbocycles. The van der Waals surface area contributed by atoms with Crippen LogP contribution in [-0.4, -0.2) is 21.7 Å². The number of carbonyl (C=O) groups excluding carboxylic acids is 1. The van der Waals surface area contributed by atoms with E-state index in [4.69, 9.17) is 4.55 Å². The number of hydrogen-bond donors (Lipinski definition) is 3. The smallest absolute Gasteiger partial charge is 0.267 e. The molecule has 0 fully saturated rings. The van der Waals surface area contributed by atoms with Crippen molar-refractivity contribution in [1.82, 2.24) is 10.0 Å². The molecule has 6 heteroatoms. The van der Waals surface area contributed by atoms with Crippen molar-refractivity contribution in [3.8, 4) is 0 Å². The lowest BCUT2D eigenvalue weighted by atomic mass is 10.5. The van der Waals surface area contributed by atoms with Crippen molar-refractivity contribution in [2.24, 2.45) is 0 Å². The normalized spacial score (nSPS) is 11.8. The molecule has 0 aliphatic heterocycles. The van der Waals surface area contributed by atoms with Crippen molar-refractivity contribution in [2.45, 2.75) is 0 Å². The molecular formula is C4H8N2O3S. The van der Waals surface area contributed by atoms with E-state index in [9.17, 15) is 9.00 Å². The van der Waals surface area contributed by atoms with Crippen molar-refractivity contribution in [1.29, 1.82) is 0 Å². The average molecular weight is 164 g/mol. The SMILES string of the molecule is C=C(NS(=O)O)C(=O)NC. The molecule has 0 spiro atoms. The number of carbonyl (C=O) groups is 1. The summed E-state index contributed by atoms with van der Waals surface area (Å²) >= 11 is -2.23. The second-order valence-electron chi connectivity index (χ2n) is 1.41. The van der Waals surface area contributed by atoms with Crippen LogP contribution in [0.5, 0.6) is 0 Å². The molecule has 0 saturated carbocycles. The number of amides is 1. The highest BCUT2D eigenvalue weighted by atomic mass is 32.2. The van der Waals surface area contributed by atoms with Crippen LogP contribution in [0.1, 0.15) is 0 Å². The first-order valence-corrected chi connectivity index (χ1v) is 3.47. The van der Waals surface area contributed by atoms with Gasteiger partial charge in [-0.2, -0.15) is 0 Å². The predicted octanol–water partition coefficient (Wildman–Crippen LogP) is -1.03. The van der Waals surface area contributed by atoms with E-state index in [1.165, 1.54) is 7.05 Å². The summed E-state index contributed by atoms with van der Waals surface area (Å²) in [5.41, 5.74) is -0.136. The minimum atomic E-state index is -2.23. The Kier molecular flexibility index (Phi) is 3.67. The minimum absolute atomic E-state index is 0.136. The molecule has 0 radical (unpaired) electrons. The highest BCUT2D eigenvalue weighted by Crippen LogP contribution is 1.82. The van der Waals surface area contributed by atoms with Crippen LogP contribution in [0.2, 0.25) is 0 Å². The number of rotatable bonds is 3. The minimum Gasteiger partial charge on any atom is -0.354 e. The zero-order valence-electron chi connectivity index (χ0n) is 5.38. The number of likely N-dealkylation sites (N-methyl/N-ethyl adjacent to an activating group) is 1. The third-order valence-corrected chi connectivity index (χ3v) is 1.13. The summed E-state index contributed by atoms with van der Waals surface area (Å²) in [4.78, 5) is 10.5. The number of hydrogen-bond acceptors (Lipinski definition) is 2. The van der Waals surface area contributed by atoms with E-state index >= 15 is 0 Å². The van der Waals surface area contributed by atoms with E-state index in [-0.39, 0.29) is 5.70 Å². The first kappa shape index (κ1) is 9.12. The van der Waals surface area contributed by atoms with Crippen LogP contribution in [0, 0.1) is 0 Å². The van der Waals surface area contributed by atoms with Gasteiger partial charge in [-0.3, -0.25) is 14.1 Å². The fourth-order valence-electron chi connectivity index (χ4n) is 0.303. The van der Waals surface area contributed by atoms with Crippen molar-refractivity contribution in [2.75, 3.05) is 7.05 Å². The van der Waals surface area contributed by atoms with Gasteiger partial charge >= 0.3 is 0 Å². The molecule has 10 heavy (non-hydrogen) atoms. The third kappa shape index (κ3) is 3.21. The van der Waals surface area contributed by atoms with E-state index < -0.39 is 17.2 Å². The maximum absolute atomic E-state index is 10.5. The summed E-state index contributed by atoms with van der Waals surface area (Å²) in [5, 5.41) is 2.22. The van der Waals surface area contributed by atoms with E-state index in [1.54, 1.807) is 0 Å². The summed E-state index contributed by atoms with van der Waals surface area (Å²) in [7, 11) is 1.40. The summed E-state index contributed by atoms with van der Waals surface area (Å²) in [6.07, 6.45) is 0. The maximum atomic E-state index is 10.5. The van der Waals surface area contributed by atoms with Crippen molar-refractivity contribution in [3.63, 3.8) is 0 Å². The maximum Gasteiger partial charge on any atom is 0.267 e. The van der Waals surface area contributed by atoms with Gasteiger partial charge in [0.05, 0.1) is 0 Å². The summed E-state index contributed by atoms with van der Waals surface area (Å²) in [6, 6.07) is 0. The molecule has 0 aliphatic rings. The third-order valence-electron chi connectivity index (χ3n) is 0.712. The van der Waals surface area contributed by atoms with Crippen LogP contribution in [0.25, 0.3) is 0 Å². The summed E-state index contributed by atoms with van der Waals surface area (Å²) in [6.45, 7) is 3.19. The molecule has 0 heterocycles. The molecule has 0 bridgehead atoms. The fraction of sp³-hybridized carbons (Fsp3) is 0.250. The average Bonchev–Trinajstić information content (AvgIpc) is 1.85. The lowest BCUT2D eigenvalue weighted by Gasteiger charge is -2.01. The molecule has 1 unspecified atom stereocenters. The zero-order chi connectivity index (χ0) is 8.15. The first-order valence-electron chi connectivity index (χ1n) is 2.36. The highest BCUT2D eigenvalue weighted by molar-refractivity contribution is 7.77. The molecule has 0 aromatic rings. The van der Waals surface area contributed by atoms with E-state index in [0.717, 1.165) is 0 Å². The molecule has 0 saturated heterocycles. The summed E-state index contributed by atoms with van der Waals surface area (Å²) < 4.78 is 20.1. The Morgan fingerprint density at radius 1 is 1.70 bits per heavy atom. The van der Waals surface area contributed by atoms with Gasteiger partial charge in [-0.25, -0.2) is 4.21 Å². The van der Waals surface area contributed by atoms with E-state index in [0.29, 0.717) is 0 Å². The van der Waals surface area contributed by atoms with Crippen LogP contribution in [-0.2, 0) is 16.1 Å². The second kappa shape index (κ2) is 4.02. The van der Waals surface area contributed by atoms with Crippen LogP contribution >= 0.6 is 0 Å². The van der Waals surface area contributed by atoms with Gasteiger partial charge in [0.1, 0.15) is 5.70 Å². The van der Waals surface area contributed by atoms with E-state index in [1.807, 2.05) is 4.72 Å². The fourth-order valence-corrected chi connectivity index (χ4v) is 0.606. The predicted molar refractivity (Wildman–Crippen MR) is 37.1 cm³/mol. The largest absolute Gasteiger partial charge is 0.354 e. The van der Waals surface area contributed by atoms with Gasteiger partial charge in [0.2, 0.25) is 0 Å². The molecule has 58 valence electrons. The summed E-state index contributed by atoms with van der Waals surface area (Å²) in [5.74, 6) is -0.512. The quantitative estimate of drug-likeness (QED) is 0.369. The van der Waals surface area contributed by atoms with Crippen molar-refractivity contribution < 1.29 is 13.6 Å². The van der Waals surface area contributed by atoms with Gasteiger partial charge in [0.15, 0.2) is 0 Å². The van der Waals surface area contributed by atoms with Crippen LogP contribution in [0.3, 0.4) is 0 Å². The van der Waals surface area contributed by atoms with E-state index in [2.05, 4.69) is 11.9 Å². The Balaban J connectivity index is 3.86. The van der Waals surface area contributed by atoms with Crippen molar-refractivity contribution >= 4 is 17.2 Å². The topological polar surface area (TPSA) is 78.4 Å². The van der Waals surface area contributed by atoms with Crippen LogP contribution < -0.4 is 10.0 Å². The van der Waals surface area contributed by atoms with Gasteiger partial charge in [-0.1, -0.05) is 6.58 Å². The van der Waals surface area contributed by atoms with Crippen LogP contribution in [0.15, 0.2) is 12.3 Å². The van der Waals surface area contributed by atoms with Gasteiger partial charge in [-0.15, -0.1) is 0 Å². The Hall–Kier alpha value is -0.880. The molecule has 0 rings (SSSR count). The lowest BCUT2D eigenvalue weighted by Crippen LogP contribution is -2.29. The van der Waals surface area contributed by atoms with Gasteiger partial charge in [0, 0.05) is 7.05 Å².